The maximum atomic E-state index is 13.3. The van der Waals surface area contributed by atoms with E-state index in [0.29, 0.717) is 11.7 Å². The fourth-order valence-corrected chi connectivity index (χ4v) is 4.46. The third-order valence-electron chi connectivity index (χ3n) is 5.18. The first kappa shape index (κ1) is 19.4. The van der Waals surface area contributed by atoms with Crippen molar-refractivity contribution in [2.24, 2.45) is 10.1 Å². The van der Waals surface area contributed by atoms with Gasteiger partial charge in [-0.25, -0.2) is 4.39 Å². The number of benzene rings is 2. The molecule has 31 heavy (non-hydrogen) atoms. The van der Waals surface area contributed by atoms with Crippen molar-refractivity contribution in [2.45, 2.75) is 19.9 Å². The van der Waals surface area contributed by atoms with Crippen LogP contribution in [0.2, 0.25) is 0 Å². The van der Waals surface area contributed by atoms with E-state index in [1.165, 1.54) is 28.9 Å². The average molecular weight is 431 g/mol. The van der Waals surface area contributed by atoms with Crippen LogP contribution >= 0.6 is 11.8 Å². The van der Waals surface area contributed by atoms with Gasteiger partial charge in [-0.1, -0.05) is 37.3 Å². The van der Waals surface area contributed by atoms with Gasteiger partial charge in [0.25, 0.3) is 5.91 Å². The first-order valence-electron chi connectivity index (χ1n) is 9.85. The number of hydrogen-bond acceptors (Lipinski definition) is 4. The Morgan fingerprint density at radius 2 is 1.94 bits per heavy atom. The molecular formula is C23H18FN5OS. The topological polar surface area (TPSA) is 73.8 Å². The molecule has 2 aliphatic heterocycles. The molecule has 3 heterocycles. The summed E-state index contributed by atoms with van der Waals surface area (Å²) in [7, 11) is 0. The SMILES string of the molecule is CCC1=NN2C(=N)/C(=C\c3cn(Cc4ccc(F)cc4)c4ccccc34)C(=O)N=C2S1. The Balaban J connectivity index is 1.56. The zero-order valence-electron chi connectivity index (χ0n) is 16.7. The highest BCUT2D eigenvalue weighted by Crippen LogP contribution is 2.31. The number of nitrogens with one attached hydrogen (secondary N) is 1. The quantitative estimate of drug-likeness (QED) is 0.600. The van der Waals surface area contributed by atoms with E-state index < -0.39 is 5.91 Å². The molecule has 6 nitrogen and oxygen atoms in total. The Morgan fingerprint density at radius 3 is 2.71 bits per heavy atom. The summed E-state index contributed by atoms with van der Waals surface area (Å²) in [5, 5.41) is 16.6. The molecule has 0 radical (unpaired) electrons. The fourth-order valence-electron chi connectivity index (χ4n) is 3.64. The molecule has 2 aromatic carbocycles. The minimum atomic E-state index is -0.438. The molecular weight excluding hydrogens is 413 g/mol. The van der Waals surface area contributed by atoms with Gasteiger partial charge >= 0.3 is 0 Å². The zero-order chi connectivity index (χ0) is 21.5. The molecule has 0 saturated carbocycles. The lowest BCUT2D eigenvalue weighted by atomic mass is 10.1. The highest BCUT2D eigenvalue weighted by Gasteiger charge is 2.35. The monoisotopic (exact) mass is 431 g/mol. The van der Waals surface area contributed by atoms with Crippen molar-refractivity contribution in [1.82, 2.24) is 9.58 Å². The predicted molar refractivity (Wildman–Crippen MR) is 123 cm³/mol. The molecule has 5 rings (SSSR count). The van der Waals surface area contributed by atoms with Crippen LogP contribution in [0, 0.1) is 11.2 Å². The van der Waals surface area contributed by atoms with Crippen molar-refractivity contribution < 1.29 is 9.18 Å². The van der Waals surface area contributed by atoms with Crippen LogP contribution in [0.25, 0.3) is 17.0 Å². The summed E-state index contributed by atoms with van der Waals surface area (Å²) in [5.41, 5.74) is 2.97. The molecule has 3 aromatic rings. The molecule has 0 bridgehead atoms. The number of carbonyl (C=O) groups excluding carboxylic acids is 1. The van der Waals surface area contributed by atoms with Crippen LogP contribution in [-0.4, -0.2) is 31.5 Å². The number of aliphatic imine (C=N–C) groups is 1. The third kappa shape index (κ3) is 3.48. The van der Waals surface area contributed by atoms with Gasteiger partial charge in [-0.2, -0.15) is 15.1 Å². The normalized spacial score (nSPS) is 17.4. The summed E-state index contributed by atoms with van der Waals surface area (Å²) in [5.74, 6) is -0.678. The molecule has 0 spiro atoms. The molecule has 1 amide bonds. The van der Waals surface area contributed by atoms with Crippen molar-refractivity contribution in [2.75, 3.05) is 0 Å². The number of hydrogen-bond donors (Lipinski definition) is 1. The number of fused-ring (bicyclic) bond motifs is 2. The number of rotatable bonds is 4. The average Bonchev–Trinajstić information content (AvgIpc) is 3.34. The minimum Gasteiger partial charge on any atom is -0.342 e. The van der Waals surface area contributed by atoms with Gasteiger partial charge in [0, 0.05) is 29.2 Å². The second-order valence-corrected chi connectivity index (χ2v) is 8.26. The predicted octanol–water partition coefficient (Wildman–Crippen LogP) is 4.86. The summed E-state index contributed by atoms with van der Waals surface area (Å²) in [6, 6.07) is 14.3. The number of halogens is 1. The van der Waals surface area contributed by atoms with Crippen LogP contribution in [-0.2, 0) is 11.3 Å². The smallest absolute Gasteiger partial charge is 0.283 e. The van der Waals surface area contributed by atoms with Gasteiger partial charge in [-0.3, -0.25) is 10.2 Å². The highest BCUT2D eigenvalue weighted by molar-refractivity contribution is 8.26. The van der Waals surface area contributed by atoms with Gasteiger partial charge in [0.2, 0.25) is 5.17 Å². The number of amides is 1. The maximum absolute atomic E-state index is 13.3. The lowest BCUT2D eigenvalue weighted by Crippen LogP contribution is -2.35. The van der Waals surface area contributed by atoms with Crippen LogP contribution in [0.3, 0.4) is 0 Å². The lowest BCUT2D eigenvalue weighted by Gasteiger charge is -2.20. The Hall–Kier alpha value is -3.52. The van der Waals surface area contributed by atoms with Gasteiger partial charge in [0.1, 0.15) is 10.9 Å². The number of nitrogens with zero attached hydrogens (tertiary/aromatic N) is 4. The summed E-state index contributed by atoms with van der Waals surface area (Å²) in [6.07, 6.45) is 4.37. The summed E-state index contributed by atoms with van der Waals surface area (Å²) in [4.78, 5) is 16.8. The van der Waals surface area contributed by atoms with Crippen LogP contribution in [0.15, 0.2) is 70.4 Å². The van der Waals surface area contributed by atoms with Crippen LogP contribution in [0.4, 0.5) is 4.39 Å². The molecule has 0 atom stereocenters. The van der Waals surface area contributed by atoms with E-state index in [1.807, 2.05) is 37.4 Å². The van der Waals surface area contributed by atoms with Crippen LogP contribution in [0.1, 0.15) is 24.5 Å². The van der Waals surface area contributed by atoms with Gasteiger partial charge in [-0.05, 0) is 48.0 Å². The van der Waals surface area contributed by atoms with Gasteiger partial charge < -0.3 is 4.57 Å². The summed E-state index contributed by atoms with van der Waals surface area (Å²) in [6.45, 7) is 2.54. The molecule has 0 fully saturated rings. The number of carbonyl (C=O) groups is 1. The first-order chi connectivity index (χ1) is 15.0. The van der Waals surface area contributed by atoms with E-state index in [1.54, 1.807) is 18.2 Å². The number of amidine groups is 2. The van der Waals surface area contributed by atoms with E-state index in [2.05, 4.69) is 14.7 Å². The second kappa shape index (κ2) is 7.63. The van der Waals surface area contributed by atoms with Crippen LogP contribution < -0.4 is 0 Å². The zero-order valence-corrected chi connectivity index (χ0v) is 17.5. The molecule has 0 saturated heterocycles. The highest BCUT2D eigenvalue weighted by atomic mass is 32.2. The molecule has 2 aliphatic rings. The lowest BCUT2D eigenvalue weighted by molar-refractivity contribution is -0.114. The molecule has 8 heteroatoms. The minimum absolute atomic E-state index is 0.0290. The first-order valence-corrected chi connectivity index (χ1v) is 10.7. The molecule has 0 aliphatic carbocycles. The van der Waals surface area contributed by atoms with E-state index >= 15 is 0 Å². The number of para-hydroxylation sites is 1. The molecule has 1 aromatic heterocycles. The summed E-state index contributed by atoms with van der Waals surface area (Å²) < 4.78 is 15.3. The van der Waals surface area contributed by atoms with Crippen molar-refractivity contribution in [3.63, 3.8) is 0 Å². The maximum Gasteiger partial charge on any atom is 0.283 e. The Morgan fingerprint density at radius 1 is 1.16 bits per heavy atom. The third-order valence-corrected chi connectivity index (χ3v) is 6.24. The van der Waals surface area contributed by atoms with Gasteiger partial charge in [0.05, 0.1) is 5.57 Å². The standard InChI is InChI=1S/C23H18FN5OS/c1-2-20-27-29-21(25)18(22(30)26-23(29)31-20)11-15-13-28(19-6-4-3-5-17(15)19)12-14-7-9-16(24)10-8-14/h3-11,13,25H,2,12H2,1H3/b18-11+,25-21?. The van der Waals surface area contributed by atoms with E-state index in [9.17, 15) is 9.18 Å². The van der Waals surface area contributed by atoms with Crippen molar-refractivity contribution >= 4 is 50.7 Å². The summed E-state index contributed by atoms with van der Waals surface area (Å²) >= 11 is 1.33. The van der Waals surface area contributed by atoms with Gasteiger partial charge in [-0.15, -0.1) is 0 Å². The van der Waals surface area contributed by atoms with Crippen LogP contribution in [0.5, 0.6) is 0 Å². The van der Waals surface area contributed by atoms with E-state index in [4.69, 9.17) is 5.41 Å². The van der Waals surface area contributed by atoms with E-state index in [0.717, 1.165) is 33.5 Å². The van der Waals surface area contributed by atoms with Crippen molar-refractivity contribution in [3.05, 3.63) is 77.2 Å². The Labute approximate surface area is 182 Å². The largest absolute Gasteiger partial charge is 0.342 e. The molecule has 154 valence electrons. The van der Waals surface area contributed by atoms with Gasteiger partial charge in [0.15, 0.2) is 5.84 Å². The number of hydrazone groups is 1. The van der Waals surface area contributed by atoms with Crippen molar-refractivity contribution in [3.8, 4) is 0 Å². The Bertz CT molecular complexity index is 1320. The fraction of sp³-hybridized carbons (Fsp3) is 0.130. The molecule has 1 N–H and O–H groups in total. The second-order valence-electron chi connectivity index (χ2n) is 7.22. The van der Waals surface area contributed by atoms with E-state index in [-0.39, 0.29) is 17.2 Å². The number of thioether (sulfide) groups is 1. The Kier molecular flexibility index (Phi) is 4.78. The van der Waals surface area contributed by atoms with Crippen molar-refractivity contribution in [1.29, 1.82) is 5.41 Å². The number of aromatic nitrogens is 1. The molecule has 0 unspecified atom stereocenters.